The third-order valence-electron chi connectivity index (χ3n) is 4.93. The minimum Gasteiger partial charge on any atom is -0.0919 e. The van der Waals surface area contributed by atoms with E-state index in [1.807, 2.05) is 0 Å². The summed E-state index contributed by atoms with van der Waals surface area (Å²) in [4.78, 5) is 0. The Morgan fingerprint density at radius 1 is 0.524 bits per heavy atom. The predicted molar refractivity (Wildman–Crippen MR) is 111 cm³/mol. The second kappa shape index (κ2) is 12.7. The monoisotopic (exact) mass is 350 g/mol. The fraction of sp³-hybridized carbons (Fsp3) is 1.00. The second-order valence-corrected chi connectivity index (χ2v) is 16.1. The summed E-state index contributed by atoms with van der Waals surface area (Å²) in [5.74, 6) is 0. The van der Waals surface area contributed by atoms with Crippen LogP contribution < -0.4 is 0 Å². The summed E-state index contributed by atoms with van der Waals surface area (Å²) in [5.41, 5.74) is 0. The topological polar surface area (TPSA) is 0 Å². The van der Waals surface area contributed by atoms with Crippen molar-refractivity contribution in [2.75, 3.05) is 37.0 Å². The van der Waals surface area contributed by atoms with Crippen molar-refractivity contribution < 1.29 is 0 Å². The minimum atomic E-state index is 0.235. The summed E-state index contributed by atoms with van der Waals surface area (Å²) in [7, 11) is 0.705. The zero-order chi connectivity index (χ0) is 16.3. The molecule has 0 rings (SSSR count). The van der Waals surface area contributed by atoms with Gasteiger partial charge in [0.25, 0.3) is 0 Å². The number of unbranched alkanes of at least 4 members (excludes halogenated alkanes) is 2. The summed E-state index contributed by atoms with van der Waals surface area (Å²) < 4.78 is 0.797. The van der Waals surface area contributed by atoms with Gasteiger partial charge in [-0.3, -0.25) is 0 Å². The van der Waals surface area contributed by atoms with Crippen LogP contribution in [0, 0.1) is 0 Å². The molecule has 0 aromatic carbocycles. The van der Waals surface area contributed by atoms with E-state index >= 15 is 0 Å². The van der Waals surface area contributed by atoms with Gasteiger partial charge >= 0.3 is 0 Å². The Hall–Kier alpha value is 1.29. The van der Waals surface area contributed by atoms with Gasteiger partial charge in [-0.05, 0) is 43.4 Å². The molecule has 0 N–H and O–H groups in total. The molecule has 0 saturated carbocycles. The average Bonchev–Trinajstić information content (AvgIpc) is 2.50. The van der Waals surface area contributed by atoms with Crippen LogP contribution in [0.5, 0.6) is 0 Å². The lowest BCUT2D eigenvalue weighted by molar-refractivity contribution is 0.674. The van der Waals surface area contributed by atoms with Crippen LogP contribution >= 0.6 is 23.8 Å². The van der Waals surface area contributed by atoms with E-state index in [-0.39, 0.29) is 23.8 Å². The molecular formula is C18H41P3. The van der Waals surface area contributed by atoms with Gasteiger partial charge in [-0.25, -0.2) is 0 Å². The van der Waals surface area contributed by atoms with E-state index in [1.54, 1.807) is 6.42 Å². The van der Waals surface area contributed by atoms with Gasteiger partial charge in [-0.15, -0.1) is 0 Å². The Labute approximate surface area is 139 Å². The molecule has 0 fully saturated rings. The largest absolute Gasteiger partial charge is 0.0919 e. The molecule has 0 aliphatic carbocycles. The maximum Gasteiger partial charge on any atom is 0.0300 e. The van der Waals surface area contributed by atoms with Crippen molar-refractivity contribution in [3.05, 3.63) is 0 Å². The normalized spacial score (nSPS) is 12.9. The van der Waals surface area contributed by atoms with E-state index in [0.29, 0.717) is 0 Å². The first-order valence-electron chi connectivity index (χ1n) is 9.37. The Morgan fingerprint density at radius 2 is 0.857 bits per heavy atom. The minimum absolute atomic E-state index is 0.235. The van der Waals surface area contributed by atoms with Gasteiger partial charge in [0.1, 0.15) is 0 Å². The van der Waals surface area contributed by atoms with Crippen LogP contribution in [-0.2, 0) is 0 Å². The lowest BCUT2D eigenvalue weighted by Crippen LogP contribution is -2.28. The summed E-state index contributed by atoms with van der Waals surface area (Å²) in [6.07, 6.45) is 14.7. The lowest BCUT2D eigenvalue weighted by atomic mass is 10.2. The molecule has 0 nitrogen and oxygen atoms in total. The Morgan fingerprint density at radius 3 is 1.10 bits per heavy atom. The van der Waals surface area contributed by atoms with Gasteiger partial charge < -0.3 is 0 Å². The first kappa shape index (κ1) is 22.3. The molecule has 0 saturated heterocycles. The van der Waals surface area contributed by atoms with Crippen molar-refractivity contribution in [2.24, 2.45) is 0 Å². The molecule has 0 radical (unpaired) electrons. The van der Waals surface area contributed by atoms with E-state index < -0.39 is 0 Å². The van der Waals surface area contributed by atoms with Gasteiger partial charge in [0.2, 0.25) is 0 Å². The van der Waals surface area contributed by atoms with E-state index in [9.17, 15) is 0 Å². The Bertz CT molecular complexity index is 199. The molecule has 128 valence electrons. The molecule has 0 aliphatic heterocycles. The lowest BCUT2D eigenvalue weighted by Gasteiger charge is -2.52. The van der Waals surface area contributed by atoms with E-state index in [0.717, 1.165) is 4.64 Å². The van der Waals surface area contributed by atoms with Crippen molar-refractivity contribution in [1.82, 2.24) is 0 Å². The third kappa shape index (κ3) is 5.70. The molecule has 0 bridgehead atoms. The summed E-state index contributed by atoms with van der Waals surface area (Å²) in [6.45, 7) is 17.3. The van der Waals surface area contributed by atoms with Crippen molar-refractivity contribution >= 4 is 23.8 Å². The highest BCUT2D eigenvalue weighted by Gasteiger charge is 2.45. The van der Waals surface area contributed by atoms with Gasteiger partial charge in [-0.2, -0.15) is 0 Å². The standard InChI is InChI=1S/C18H41P3/c1-8-15-16-17-18(19(9-2)10-3,20(11-4)12-5)21(13-6)14-7/h8-17H2,1-7H3. The SMILES string of the molecule is CCCCCC(P(CC)CC)(P(CC)CC)P(CC)CC. The van der Waals surface area contributed by atoms with Crippen LogP contribution in [0.2, 0.25) is 0 Å². The van der Waals surface area contributed by atoms with E-state index in [4.69, 9.17) is 0 Å². The van der Waals surface area contributed by atoms with E-state index in [2.05, 4.69) is 48.5 Å². The van der Waals surface area contributed by atoms with Crippen molar-refractivity contribution in [1.29, 1.82) is 0 Å². The highest BCUT2D eigenvalue weighted by Crippen LogP contribution is 2.81. The number of rotatable bonds is 13. The van der Waals surface area contributed by atoms with Crippen LogP contribution in [0.3, 0.4) is 0 Å². The Kier molecular flexibility index (Phi) is 13.5. The van der Waals surface area contributed by atoms with Gasteiger partial charge in [0, 0.05) is 4.64 Å². The van der Waals surface area contributed by atoms with Crippen molar-refractivity contribution in [2.45, 2.75) is 78.8 Å². The molecule has 0 heterocycles. The van der Waals surface area contributed by atoms with Crippen LogP contribution in [0.1, 0.15) is 74.1 Å². The maximum absolute atomic E-state index is 2.49. The average molecular weight is 350 g/mol. The number of hydrogen-bond acceptors (Lipinski definition) is 0. The maximum atomic E-state index is 2.49. The van der Waals surface area contributed by atoms with Crippen LogP contribution in [0.4, 0.5) is 0 Å². The molecule has 0 aliphatic rings. The first-order chi connectivity index (χ1) is 10.1. The molecule has 0 aromatic rings. The zero-order valence-electron chi connectivity index (χ0n) is 15.9. The molecule has 21 heavy (non-hydrogen) atoms. The highest BCUT2D eigenvalue weighted by atomic mass is 31.2. The fourth-order valence-electron chi connectivity index (χ4n) is 3.88. The summed E-state index contributed by atoms with van der Waals surface area (Å²) in [5, 5.41) is 0. The molecule has 0 spiro atoms. The molecule has 3 heteroatoms. The molecule has 0 unspecified atom stereocenters. The zero-order valence-corrected chi connectivity index (χ0v) is 18.6. The van der Waals surface area contributed by atoms with Crippen molar-refractivity contribution in [3.63, 3.8) is 0 Å². The summed E-state index contributed by atoms with van der Waals surface area (Å²) in [6, 6.07) is 0. The predicted octanol–water partition coefficient (Wildman–Crippen LogP) is 7.79. The number of hydrogen-bond donors (Lipinski definition) is 0. The van der Waals surface area contributed by atoms with Gasteiger partial charge in [-0.1, -0.05) is 91.5 Å². The first-order valence-corrected chi connectivity index (χ1v) is 14.5. The molecule has 0 atom stereocenters. The van der Waals surface area contributed by atoms with E-state index in [1.165, 1.54) is 56.2 Å². The van der Waals surface area contributed by atoms with Crippen LogP contribution in [0.25, 0.3) is 0 Å². The molecule has 0 aromatic heterocycles. The Balaban J connectivity index is 5.65. The second-order valence-electron chi connectivity index (χ2n) is 5.75. The van der Waals surface area contributed by atoms with Crippen LogP contribution in [0.15, 0.2) is 0 Å². The van der Waals surface area contributed by atoms with Gasteiger partial charge in [0.05, 0.1) is 0 Å². The molecular weight excluding hydrogens is 309 g/mol. The smallest absolute Gasteiger partial charge is 0.0300 e. The fourth-order valence-corrected chi connectivity index (χ4v) is 19.6. The van der Waals surface area contributed by atoms with Crippen LogP contribution in [-0.4, -0.2) is 41.6 Å². The molecule has 0 amide bonds. The van der Waals surface area contributed by atoms with Gasteiger partial charge in [0.15, 0.2) is 0 Å². The quantitative estimate of drug-likeness (QED) is 0.235. The third-order valence-corrected chi connectivity index (χ3v) is 18.3. The van der Waals surface area contributed by atoms with Crippen molar-refractivity contribution in [3.8, 4) is 0 Å². The summed E-state index contributed by atoms with van der Waals surface area (Å²) >= 11 is 0. The highest BCUT2D eigenvalue weighted by molar-refractivity contribution is 7.93.